The molecule has 0 bridgehead atoms. The minimum atomic E-state index is -1.02. The number of aromatic carboxylic acids is 1. The molecule has 1 fully saturated rings. The predicted molar refractivity (Wildman–Crippen MR) is 144 cm³/mol. The zero-order valence-corrected chi connectivity index (χ0v) is 22.8. The molecule has 0 spiro atoms. The largest absolute Gasteiger partial charge is 0.478 e. The number of hydrogen-bond donors (Lipinski definition) is 3. The Balaban J connectivity index is 1.27. The summed E-state index contributed by atoms with van der Waals surface area (Å²) in [5, 5.41) is 16.7. The van der Waals surface area contributed by atoms with Crippen molar-refractivity contribution in [2.45, 2.75) is 70.9 Å². The lowest BCUT2D eigenvalue weighted by molar-refractivity contribution is -0.126. The van der Waals surface area contributed by atoms with E-state index in [9.17, 15) is 24.3 Å². The topological polar surface area (TPSA) is 134 Å². The number of hydrogen-bond acceptors (Lipinski definition) is 8. The van der Waals surface area contributed by atoms with Crippen molar-refractivity contribution < 1.29 is 33.8 Å². The van der Waals surface area contributed by atoms with Gasteiger partial charge in [-0.1, -0.05) is 26.0 Å². The Morgan fingerprint density at radius 3 is 2.46 bits per heavy atom. The Hall–Kier alpha value is -3.28. The van der Waals surface area contributed by atoms with Crippen LogP contribution in [-0.4, -0.2) is 65.2 Å². The summed E-state index contributed by atoms with van der Waals surface area (Å²) >= 11 is 1.37. The lowest BCUT2D eigenvalue weighted by Crippen LogP contribution is -2.51. The monoisotopic (exact) mass is 555 g/mol. The van der Waals surface area contributed by atoms with Crippen LogP contribution in [0.15, 0.2) is 24.3 Å². The van der Waals surface area contributed by atoms with Crippen LogP contribution in [0, 0.1) is 5.92 Å². The van der Waals surface area contributed by atoms with Gasteiger partial charge in [0.2, 0.25) is 5.91 Å². The normalized spacial score (nSPS) is 21.5. The lowest BCUT2D eigenvalue weighted by Gasteiger charge is -2.28. The predicted octanol–water partition coefficient (Wildman–Crippen LogP) is 3.65. The van der Waals surface area contributed by atoms with Gasteiger partial charge in [-0.3, -0.25) is 19.3 Å². The summed E-state index contributed by atoms with van der Waals surface area (Å²) in [5.74, 6) is -2.34. The molecule has 0 saturated carbocycles. The highest BCUT2D eigenvalue weighted by molar-refractivity contribution is 7.16. The summed E-state index contributed by atoms with van der Waals surface area (Å²) in [6.07, 6.45) is 2.81. The molecule has 208 valence electrons. The second kappa shape index (κ2) is 11.4. The second-order valence-corrected chi connectivity index (χ2v) is 11.7. The number of imide groups is 1. The van der Waals surface area contributed by atoms with Gasteiger partial charge in [0.25, 0.3) is 11.8 Å². The average molecular weight is 556 g/mol. The third-order valence-corrected chi connectivity index (χ3v) is 8.43. The molecule has 0 radical (unpaired) electrons. The first-order chi connectivity index (χ1) is 18.7. The molecule has 3 amide bonds. The van der Waals surface area contributed by atoms with Gasteiger partial charge in [0.15, 0.2) is 0 Å². The molecule has 2 aromatic rings. The Morgan fingerprint density at radius 1 is 1.13 bits per heavy atom. The number of carbonyl (C=O) groups excluding carboxylic acids is 3. The molecule has 3 unspecified atom stereocenters. The van der Waals surface area contributed by atoms with Crippen LogP contribution in [0.5, 0.6) is 0 Å². The number of nitrogens with zero attached hydrogens (tertiary/aromatic N) is 1. The van der Waals surface area contributed by atoms with Crippen LogP contribution in [0.25, 0.3) is 0 Å². The SMILES string of the molecule is CC(C)CC(C(=O)NCC1Cc2c(sc(NC3CCCCO3)c2C(=O)O)CO1)N1C(=O)c2ccccc2C1=O. The molecule has 11 heteroatoms. The molecule has 3 aliphatic heterocycles. The fourth-order valence-corrected chi connectivity index (χ4v) is 6.57. The van der Waals surface area contributed by atoms with Gasteiger partial charge in [-0.05, 0) is 49.3 Å². The molecule has 10 nitrogen and oxygen atoms in total. The maximum Gasteiger partial charge on any atom is 0.338 e. The molecular weight excluding hydrogens is 522 g/mol. The quantitative estimate of drug-likeness (QED) is 0.399. The van der Waals surface area contributed by atoms with Gasteiger partial charge in [-0.2, -0.15) is 0 Å². The first kappa shape index (κ1) is 27.3. The molecule has 0 aliphatic carbocycles. The number of carboxylic acid groups (broad SMARTS) is 1. The number of nitrogens with one attached hydrogen (secondary N) is 2. The first-order valence-electron chi connectivity index (χ1n) is 13.4. The fraction of sp³-hybridized carbons (Fsp3) is 0.500. The number of anilines is 1. The molecule has 4 heterocycles. The molecule has 3 aliphatic rings. The Morgan fingerprint density at radius 2 is 1.85 bits per heavy atom. The van der Waals surface area contributed by atoms with E-state index in [2.05, 4.69) is 10.6 Å². The van der Waals surface area contributed by atoms with Crippen LogP contribution in [0.3, 0.4) is 0 Å². The van der Waals surface area contributed by atoms with Crippen LogP contribution in [0.4, 0.5) is 5.00 Å². The van der Waals surface area contributed by atoms with E-state index < -0.39 is 35.8 Å². The highest BCUT2D eigenvalue weighted by Gasteiger charge is 2.43. The van der Waals surface area contributed by atoms with Crippen molar-refractivity contribution >= 4 is 40.0 Å². The van der Waals surface area contributed by atoms with E-state index >= 15 is 0 Å². The number of ether oxygens (including phenoxy) is 2. The van der Waals surface area contributed by atoms with Gasteiger partial charge in [-0.25, -0.2) is 4.79 Å². The van der Waals surface area contributed by atoms with Crippen molar-refractivity contribution in [2.24, 2.45) is 5.92 Å². The van der Waals surface area contributed by atoms with Crippen LogP contribution < -0.4 is 10.6 Å². The molecular formula is C28H33N3O7S. The molecule has 3 N–H and O–H groups in total. The highest BCUT2D eigenvalue weighted by Crippen LogP contribution is 2.39. The van der Waals surface area contributed by atoms with E-state index in [4.69, 9.17) is 9.47 Å². The summed E-state index contributed by atoms with van der Waals surface area (Å²) in [6, 6.07) is 5.62. The minimum Gasteiger partial charge on any atom is -0.478 e. The number of carbonyl (C=O) groups is 4. The summed E-state index contributed by atoms with van der Waals surface area (Å²) in [4.78, 5) is 53.6. The molecule has 1 aromatic carbocycles. The second-order valence-electron chi connectivity index (χ2n) is 10.6. The third kappa shape index (κ3) is 5.57. The van der Waals surface area contributed by atoms with Gasteiger partial charge >= 0.3 is 5.97 Å². The Labute approximate surface area is 230 Å². The van der Waals surface area contributed by atoms with E-state index in [0.29, 0.717) is 41.1 Å². The Kier molecular flexibility index (Phi) is 8.01. The van der Waals surface area contributed by atoms with E-state index in [-0.39, 0.29) is 30.9 Å². The zero-order valence-electron chi connectivity index (χ0n) is 22.0. The van der Waals surface area contributed by atoms with Crippen LogP contribution >= 0.6 is 11.3 Å². The standard InChI is InChI=1S/C28H33N3O7S/c1-15(2)11-20(31-26(33)17-7-3-4-8-18(17)27(31)34)24(32)29-13-16-12-19-21(14-38-16)39-25(23(19)28(35)36)30-22-9-5-6-10-37-22/h3-4,7-8,15-16,20,22,30H,5-6,9-14H2,1-2H3,(H,29,32)(H,35,36). The van der Waals surface area contributed by atoms with Gasteiger partial charge < -0.3 is 25.2 Å². The minimum absolute atomic E-state index is 0.0570. The summed E-state index contributed by atoms with van der Waals surface area (Å²) in [6.45, 7) is 4.87. The van der Waals surface area contributed by atoms with Gasteiger partial charge in [0.05, 0.1) is 29.4 Å². The van der Waals surface area contributed by atoms with Crippen molar-refractivity contribution in [3.8, 4) is 0 Å². The fourth-order valence-electron chi connectivity index (χ4n) is 5.38. The van der Waals surface area contributed by atoms with E-state index in [1.54, 1.807) is 24.3 Å². The zero-order chi connectivity index (χ0) is 27.7. The van der Waals surface area contributed by atoms with Gasteiger partial charge in [-0.15, -0.1) is 11.3 Å². The summed E-state index contributed by atoms with van der Waals surface area (Å²) < 4.78 is 11.7. The first-order valence-corrected chi connectivity index (χ1v) is 14.2. The highest BCUT2D eigenvalue weighted by atomic mass is 32.1. The number of fused-ring (bicyclic) bond motifs is 2. The number of amides is 3. The van der Waals surface area contributed by atoms with Gasteiger partial charge in [0, 0.05) is 24.4 Å². The molecule has 3 atom stereocenters. The van der Waals surface area contributed by atoms with Crippen molar-refractivity contribution in [3.05, 3.63) is 51.4 Å². The Bertz CT molecular complexity index is 1250. The van der Waals surface area contributed by atoms with Crippen LogP contribution in [0.2, 0.25) is 0 Å². The van der Waals surface area contributed by atoms with E-state index in [0.717, 1.165) is 29.0 Å². The van der Waals surface area contributed by atoms with Gasteiger partial charge in [0.1, 0.15) is 17.3 Å². The summed E-state index contributed by atoms with van der Waals surface area (Å²) in [5.41, 5.74) is 1.53. The molecule has 1 saturated heterocycles. The van der Waals surface area contributed by atoms with Crippen molar-refractivity contribution in [2.75, 3.05) is 18.5 Å². The number of rotatable bonds is 9. The number of benzene rings is 1. The lowest BCUT2D eigenvalue weighted by atomic mass is 9.99. The smallest absolute Gasteiger partial charge is 0.338 e. The maximum absolute atomic E-state index is 13.4. The van der Waals surface area contributed by atoms with E-state index in [1.807, 2.05) is 13.8 Å². The van der Waals surface area contributed by atoms with Crippen molar-refractivity contribution in [1.29, 1.82) is 0 Å². The number of thiophene rings is 1. The van der Waals surface area contributed by atoms with Crippen LogP contribution in [-0.2, 0) is 27.3 Å². The van der Waals surface area contributed by atoms with Crippen molar-refractivity contribution in [1.82, 2.24) is 10.2 Å². The maximum atomic E-state index is 13.4. The molecule has 1 aromatic heterocycles. The van der Waals surface area contributed by atoms with Crippen molar-refractivity contribution in [3.63, 3.8) is 0 Å². The number of carboxylic acids is 1. The molecule has 5 rings (SSSR count). The summed E-state index contributed by atoms with van der Waals surface area (Å²) in [7, 11) is 0. The molecule has 39 heavy (non-hydrogen) atoms. The van der Waals surface area contributed by atoms with Crippen LogP contribution in [0.1, 0.15) is 81.0 Å². The average Bonchev–Trinajstić information content (AvgIpc) is 3.40. The third-order valence-electron chi connectivity index (χ3n) is 7.30. The van der Waals surface area contributed by atoms with E-state index in [1.165, 1.54) is 11.3 Å².